The molecule has 1 N–H and O–H groups in total. The maximum absolute atomic E-state index is 6.20. The molecule has 1 aromatic heterocycles. The molecule has 132 valence electrons. The highest BCUT2D eigenvalue weighted by atomic mass is 35.5. The fraction of sp³-hybridized carbons (Fsp3) is 0.250. The molecule has 0 unspecified atom stereocenters. The SMILES string of the molecule is Cc1ccc2c(c1)CCCN2c1ncnc(Nc2cccc(Cl)c2C)n1. The third-order valence-electron chi connectivity index (χ3n) is 4.67. The Labute approximate surface area is 158 Å². The molecule has 3 aromatic rings. The lowest BCUT2D eigenvalue weighted by Crippen LogP contribution is -2.26. The summed E-state index contributed by atoms with van der Waals surface area (Å²) in [5, 5.41) is 3.96. The quantitative estimate of drug-likeness (QED) is 0.710. The normalized spacial score (nSPS) is 13.4. The largest absolute Gasteiger partial charge is 0.324 e. The van der Waals surface area contributed by atoms with E-state index < -0.39 is 0 Å². The first kappa shape index (κ1) is 16.8. The molecule has 0 saturated carbocycles. The van der Waals surface area contributed by atoms with Crippen molar-refractivity contribution >= 4 is 34.9 Å². The van der Waals surface area contributed by atoms with Crippen molar-refractivity contribution in [1.29, 1.82) is 0 Å². The highest BCUT2D eigenvalue weighted by Gasteiger charge is 2.20. The van der Waals surface area contributed by atoms with Gasteiger partial charge in [0.1, 0.15) is 6.33 Å². The summed E-state index contributed by atoms with van der Waals surface area (Å²) in [4.78, 5) is 15.5. The minimum Gasteiger partial charge on any atom is -0.324 e. The van der Waals surface area contributed by atoms with Gasteiger partial charge in [-0.25, -0.2) is 9.97 Å². The maximum Gasteiger partial charge on any atom is 0.234 e. The lowest BCUT2D eigenvalue weighted by Gasteiger charge is -2.29. The lowest BCUT2D eigenvalue weighted by atomic mass is 10.00. The number of anilines is 4. The smallest absolute Gasteiger partial charge is 0.234 e. The van der Waals surface area contributed by atoms with Gasteiger partial charge in [-0.15, -0.1) is 0 Å². The second-order valence-electron chi connectivity index (χ2n) is 6.53. The van der Waals surface area contributed by atoms with Crippen molar-refractivity contribution in [3.05, 3.63) is 64.4 Å². The monoisotopic (exact) mass is 365 g/mol. The zero-order valence-electron chi connectivity index (χ0n) is 14.8. The fourth-order valence-electron chi connectivity index (χ4n) is 3.27. The highest BCUT2D eigenvalue weighted by Crippen LogP contribution is 2.32. The van der Waals surface area contributed by atoms with E-state index >= 15 is 0 Å². The Morgan fingerprint density at radius 2 is 2.00 bits per heavy atom. The topological polar surface area (TPSA) is 53.9 Å². The number of hydrogen-bond donors (Lipinski definition) is 1. The Hall–Kier alpha value is -2.66. The molecule has 5 nitrogen and oxygen atoms in total. The Kier molecular flexibility index (Phi) is 4.47. The van der Waals surface area contributed by atoms with Crippen LogP contribution < -0.4 is 10.2 Å². The maximum atomic E-state index is 6.20. The van der Waals surface area contributed by atoms with E-state index in [-0.39, 0.29) is 0 Å². The summed E-state index contributed by atoms with van der Waals surface area (Å²) >= 11 is 6.20. The number of fused-ring (bicyclic) bond motifs is 1. The molecule has 1 aliphatic rings. The minimum absolute atomic E-state index is 0.514. The molecule has 0 atom stereocenters. The van der Waals surface area contributed by atoms with Gasteiger partial charge in [-0.05, 0) is 56.0 Å². The van der Waals surface area contributed by atoms with Gasteiger partial charge in [-0.1, -0.05) is 35.4 Å². The summed E-state index contributed by atoms with van der Waals surface area (Å²) in [5.74, 6) is 1.17. The molecule has 2 aromatic carbocycles. The number of benzene rings is 2. The molecule has 4 rings (SSSR count). The van der Waals surface area contributed by atoms with Crippen molar-refractivity contribution in [1.82, 2.24) is 15.0 Å². The standard InChI is InChI=1S/C20H20ClN5/c1-13-8-9-18-15(11-13)5-4-10-26(18)20-23-12-22-19(25-20)24-17-7-3-6-16(21)14(17)2/h3,6-9,11-12H,4-5,10H2,1-2H3,(H,22,23,24,25). The molecule has 2 heterocycles. The van der Waals surface area contributed by atoms with Gasteiger partial charge in [0.25, 0.3) is 0 Å². The van der Waals surface area contributed by atoms with Crippen molar-refractivity contribution in [2.24, 2.45) is 0 Å². The van der Waals surface area contributed by atoms with E-state index in [1.165, 1.54) is 16.8 Å². The number of aryl methyl sites for hydroxylation is 2. The van der Waals surface area contributed by atoms with Crippen molar-refractivity contribution in [2.75, 3.05) is 16.8 Å². The van der Waals surface area contributed by atoms with Gasteiger partial charge in [0.2, 0.25) is 11.9 Å². The summed E-state index contributed by atoms with van der Waals surface area (Å²) in [7, 11) is 0. The van der Waals surface area contributed by atoms with Crippen molar-refractivity contribution in [3.8, 4) is 0 Å². The van der Waals surface area contributed by atoms with Crippen LogP contribution in [0.2, 0.25) is 5.02 Å². The van der Waals surface area contributed by atoms with Crippen molar-refractivity contribution in [3.63, 3.8) is 0 Å². The summed E-state index contributed by atoms with van der Waals surface area (Å²) in [6, 6.07) is 12.3. The van der Waals surface area contributed by atoms with Crippen LogP contribution in [0.15, 0.2) is 42.7 Å². The summed E-state index contributed by atoms with van der Waals surface area (Å²) in [6.45, 7) is 4.99. The lowest BCUT2D eigenvalue weighted by molar-refractivity contribution is 0.747. The van der Waals surface area contributed by atoms with Crippen molar-refractivity contribution in [2.45, 2.75) is 26.7 Å². The molecule has 26 heavy (non-hydrogen) atoms. The zero-order valence-corrected chi connectivity index (χ0v) is 15.6. The van der Waals surface area contributed by atoms with Crippen LogP contribution >= 0.6 is 11.6 Å². The Balaban J connectivity index is 1.66. The van der Waals surface area contributed by atoms with E-state index in [0.717, 1.165) is 30.6 Å². The number of hydrogen-bond acceptors (Lipinski definition) is 5. The van der Waals surface area contributed by atoms with E-state index in [4.69, 9.17) is 11.6 Å². The molecular formula is C20H20ClN5. The van der Waals surface area contributed by atoms with Crippen LogP contribution in [0.1, 0.15) is 23.1 Å². The van der Waals surface area contributed by atoms with E-state index in [1.807, 2.05) is 25.1 Å². The predicted octanol–water partition coefficient (Wildman–Crippen LogP) is 4.97. The summed E-state index contributed by atoms with van der Waals surface area (Å²) < 4.78 is 0. The number of halogens is 1. The van der Waals surface area contributed by atoms with Gasteiger partial charge in [0.05, 0.1) is 0 Å². The Morgan fingerprint density at radius 3 is 2.88 bits per heavy atom. The first-order valence-electron chi connectivity index (χ1n) is 8.70. The number of rotatable bonds is 3. The zero-order chi connectivity index (χ0) is 18.1. The number of nitrogens with zero attached hydrogens (tertiary/aromatic N) is 4. The molecule has 6 heteroatoms. The van der Waals surface area contributed by atoms with Crippen LogP contribution in [-0.4, -0.2) is 21.5 Å². The third kappa shape index (κ3) is 3.22. The van der Waals surface area contributed by atoms with Gasteiger partial charge in [0.15, 0.2) is 0 Å². The summed E-state index contributed by atoms with van der Waals surface area (Å²) in [6.07, 6.45) is 3.72. The van der Waals surface area contributed by atoms with Gasteiger partial charge >= 0.3 is 0 Å². The van der Waals surface area contributed by atoms with Crippen LogP contribution in [-0.2, 0) is 6.42 Å². The van der Waals surface area contributed by atoms with Gasteiger partial charge in [-0.2, -0.15) is 4.98 Å². The van der Waals surface area contributed by atoms with Crippen LogP contribution in [0.5, 0.6) is 0 Å². The van der Waals surface area contributed by atoms with E-state index in [1.54, 1.807) is 6.33 Å². The van der Waals surface area contributed by atoms with Gasteiger partial charge < -0.3 is 10.2 Å². The molecule has 0 fully saturated rings. The van der Waals surface area contributed by atoms with Gasteiger partial charge in [0, 0.05) is 22.9 Å². The first-order chi connectivity index (χ1) is 12.6. The van der Waals surface area contributed by atoms with Crippen LogP contribution in [0.3, 0.4) is 0 Å². The molecule has 0 radical (unpaired) electrons. The highest BCUT2D eigenvalue weighted by molar-refractivity contribution is 6.31. The fourth-order valence-corrected chi connectivity index (χ4v) is 3.45. The van der Waals surface area contributed by atoms with E-state index in [2.05, 4.69) is 50.3 Å². The molecule has 0 amide bonds. The molecule has 0 aliphatic carbocycles. The molecular weight excluding hydrogens is 346 g/mol. The average Bonchev–Trinajstić information content (AvgIpc) is 2.65. The Morgan fingerprint density at radius 1 is 1.12 bits per heavy atom. The van der Waals surface area contributed by atoms with Crippen LogP contribution in [0.25, 0.3) is 0 Å². The third-order valence-corrected chi connectivity index (χ3v) is 5.08. The van der Waals surface area contributed by atoms with Crippen LogP contribution in [0.4, 0.5) is 23.3 Å². The van der Waals surface area contributed by atoms with E-state index in [0.29, 0.717) is 16.9 Å². The second-order valence-corrected chi connectivity index (χ2v) is 6.94. The first-order valence-corrected chi connectivity index (χ1v) is 9.08. The number of nitrogens with one attached hydrogen (secondary N) is 1. The Bertz CT molecular complexity index is 957. The minimum atomic E-state index is 0.514. The number of aromatic nitrogens is 3. The second kappa shape index (κ2) is 6.92. The van der Waals surface area contributed by atoms with Crippen LogP contribution in [0, 0.1) is 13.8 Å². The average molecular weight is 366 g/mol. The van der Waals surface area contributed by atoms with Crippen molar-refractivity contribution < 1.29 is 0 Å². The van der Waals surface area contributed by atoms with E-state index in [9.17, 15) is 0 Å². The predicted molar refractivity (Wildman–Crippen MR) is 106 cm³/mol. The molecule has 0 saturated heterocycles. The van der Waals surface area contributed by atoms with Gasteiger partial charge in [-0.3, -0.25) is 0 Å². The molecule has 0 bridgehead atoms. The summed E-state index contributed by atoms with van der Waals surface area (Å²) in [5.41, 5.74) is 5.66. The molecule has 0 spiro atoms. The molecule has 1 aliphatic heterocycles.